The fraction of sp³-hybridized carbons (Fsp3) is 0.351. The molecule has 1 aliphatic heterocycles. The number of hydrogen-bond acceptors (Lipinski definition) is 3. The summed E-state index contributed by atoms with van der Waals surface area (Å²) in [4.78, 5) is 29.2. The number of rotatable bonds is 10. The first-order chi connectivity index (χ1) is 21.8. The van der Waals surface area contributed by atoms with E-state index in [9.17, 15) is 22.8 Å². The summed E-state index contributed by atoms with van der Waals surface area (Å²) in [5.74, 6) is -0.321. The second-order valence-electron chi connectivity index (χ2n) is 12.3. The van der Waals surface area contributed by atoms with Gasteiger partial charge in [0.2, 0.25) is 5.91 Å². The van der Waals surface area contributed by atoms with Gasteiger partial charge in [0.25, 0.3) is 5.91 Å². The van der Waals surface area contributed by atoms with Gasteiger partial charge in [-0.15, -0.1) is 0 Å². The van der Waals surface area contributed by atoms with Crippen LogP contribution < -0.4 is 10.6 Å². The third kappa shape index (κ3) is 6.47. The lowest BCUT2D eigenvalue weighted by Gasteiger charge is -2.34. The van der Waals surface area contributed by atoms with E-state index in [4.69, 9.17) is 0 Å². The third-order valence-corrected chi connectivity index (χ3v) is 9.37. The zero-order valence-corrected chi connectivity index (χ0v) is 25.2. The van der Waals surface area contributed by atoms with Gasteiger partial charge in [0.1, 0.15) is 12.0 Å². The number of unbranched alkanes of at least 4 members (excludes halogenated alkanes) is 1. The number of alkyl halides is 3. The van der Waals surface area contributed by atoms with Crippen molar-refractivity contribution in [1.29, 1.82) is 0 Å². The maximum Gasteiger partial charge on any atom is 0.405 e. The molecule has 45 heavy (non-hydrogen) atoms. The highest BCUT2D eigenvalue weighted by atomic mass is 19.4. The quantitative estimate of drug-likeness (QED) is 0.188. The van der Waals surface area contributed by atoms with Crippen LogP contribution in [0.5, 0.6) is 0 Å². The Morgan fingerprint density at radius 2 is 1.49 bits per heavy atom. The number of nitrogens with zero attached hydrogens (tertiary/aromatic N) is 1. The maximum atomic E-state index is 13.7. The number of halogens is 3. The molecule has 2 amide bonds. The van der Waals surface area contributed by atoms with E-state index in [2.05, 4.69) is 15.5 Å². The van der Waals surface area contributed by atoms with Crippen molar-refractivity contribution in [3.8, 4) is 11.1 Å². The zero-order chi connectivity index (χ0) is 31.4. The van der Waals surface area contributed by atoms with Crippen molar-refractivity contribution in [3.63, 3.8) is 0 Å². The predicted octanol–water partition coefficient (Wildman–Crippen LogP) is 7.10. The Bertz CT molecular complexity index is 1630. The van der Waals surface area contributed by atoms with Crippen molar-refractivity contribution in [2.75, 3.05) is 32.7 Å². The predicted molar refractivity (Wildman–Crippen MR) is 171 cm³/mol. The number of hydrogen-bond donors (Lipinski definition) is 2. The number of benzene rings is 4. The number of carbonyl (C=O) groups excluding carboxylic acids is 2. The number of likely N-dealkylation sites (tertiary alicyclic amines) is 1. The normalized spacial score (nSPS) is 17.4. The number of nitrogens with one attached hydrogen (secondary N) is 2. The fourth-order valence-electron chi connectivity index (χ4n) is 7.29. The van der Waals surface area contributed by atoms with Gasteiger partial charge < -0.3 is 15.5 Å². The number of piperidine rings is 1. The van der Waals surface area contributed by atoms with Gasteiger partial charge in [0, 0.05) is 18.7 Å². The molecule has 0 radical (unpaired) electrons. The van der Waals surface area contributed by atoms with E-state index in [0.717, 1.165) is 71.9 Å². The van der Waals surface area contributed by atoms with Crippen LogP contribution in [0.3, 0.4) is 0 Å². The van der Waals surface area contributed by atoms with Crippen LogP contribution in [0.25, 0.3) is 21.9 Å². The smallest absolute Gasteiger partial charge is 0.352 e. The standard InChI is InChI=1S/C37H38F3N3O2/c38-37(39,40)25-42-35(45)36(32-18-5-3-15-29(32)30-16-4-6-19-33(30)36)20-7-8-21-43-22-10-11-26(24-43)23-41-34(44)31-17-9-13-27-12-1-2-14-28(27)31/h1-6,9,12-19,26H,7-8,10-11,20-25H2,(H,41,44)(H,42,45). The van der Waals surface area contributed by atoms with Crippen molar-refractivity contribution >= 4 is 22.6 Å². The highest BCUT2D eigenvalue weighted by Gasteiger charge is 2.49. The molecule has 5 nitrogen and oxygen atoms in total. The Balaban J connectivity index is 1.08. The second-order valence-corrected chi connectivity index (χ2v) is 12.3. The maximum absolute atomic E-state index is 13.7. The lowest BCUT2D eigenvalue weighted by atomic mass is 9.73. The van der Waals surface area contributed by atoms with Gasteiger partial charge in [-0.25, -0.2) is 0 Å². The van der Waals surface area contributed by atoms with E-state index < -0.39 is 24.0 Å². The molecule has 2 aliphatic rings. The fourth-order valence-corrected chi connectivity index (χ4v) is 7.29. The molecule has 1 heterocycles. The monoisotopic (exact) mass is 613 g/mol. The average molecular weight is 614 g/mol. The second kappa shape index (κ2) is 13.1. The molecule has 2 N–H and O–H groups in total. The Morgan fingerprint density at radius 3 is 2.22 bits per heavy atom. The summed E-state index contributed by atoms with van der Waals surface area (Å²) < 4.78 is 39.5. The summed E-state index contributed by atoms with van der Waals surface area (Å²) in [5, 5.41) is 7.36. The largest absolute Gasteiger partial charge is 0.405 e. The van der Waals surface area contributed by atoms with Crippen molar-refractivity contribution in [3.05, 3.63) is 108 Å². The van der Waals surface area contributed by atoms with Gasteiger partial charge in [0.05, 0.1) is 0 Å². The lowest BCUT2D eigenvalue weighted by Crippen LogP contribution is -2.47. The minimum absolute atomic E-state index is 0.0600. The van der Waals surface area contributed by atoms with E-state index in [1.165, 1.54) is 0 Å². The molecule has 4 aromatic rings. The van der Waals surface area contributed by atoms with Gasteiger partial charge in [-0.3, -0.25) is 9.59 Å². The Kier molecular flexibility index (Phi) is 8.95. The van der Waals surface area contributed by atoms with Crippen LogP contribution in [0.1, 0.15) is 53.6 Å². The van der Waals surface area contributed by atoms with Crippen molar-refractivity contribution in [2.24, 2.45) is 5.92 Å². The van der Waals surface area contributed by atoms with Gasteiger partial charge in [-0.2, -0.15) is 13.2 Å². The average Bonchev–Trinajstić information content (AvgIpc) is 3.34. The molecule has 6 rings (SSSR count). The first-order valence-electron chi connectivity index (χ1n) is 15.8. The van der Waals surface area contributed by atoms with Crippen LogP contribution in [0.2, 0.25) is 0 Å². The molecule has 1 fully saturated rings. The van der Waals surface area contributed by atoms with Crippen LogP contribution in [0.15, 0.2) is 91.0 Å². The molecule has 234 valence electrons. The molecule has 0 saturated carbocycles. The topological polar surface area (TPSA) is 61.4 Å². The summed E-state index contributed by atoms with van der Waals surface area (Å²) in [6.07, 6.45) is -0.493. The Labute approximate surface area is 261 Å². The highest BCUT2D eigenvalue weighted by Crippen LogP contribution is 2.51. The summed E-state index contributed by atoms with van der Waals surface area (Å²) in [6.45, 7) is 1.92. The molecule has 8 heteroatoms. The van der Waals surface area contributed by atoms with Gasteiger partial charge in [0.15, 0.2) is 0 Å². The molecule has 0 spiro atoms. The molecular formula is C37H38F3N3O2. The Hall–Kier alpha value is -4.17. The molecule has 1 unspecified atom stereocenters. The Morgan fingerprint density at radius 1 is 0.822 bits per heavy atom. The molecule has 1 atom stereocenters. The molecule has 0 aromatic heterocycles. The molecule has 1 saturated heterocycles. The van der Waals surface area contributed by atoms with E-state index in [0.29, 0.717) is 30.9 Å². The summed E-state index contributed by atoms with van der Waals surface area (Å²) >= 11 is 0. The van der Waals surface area contributed by atoms with E-state index in [-0.39, 0.29) is 5.91 Å². The van der Waals surface area contributed by atoms with Crippen molar-refractivity contribution < 1.29 is 22.8 Å². The van der Waals surface area contributed by atoms with Crippen LogP contribution in [-0.2, 0) is 10.2 Å². The van der Waals surface area contributed by atoms with E-state index >= 15 is 0 Å². The highest BCUT2D eigenvalue weighted by molar-refractivity contribution is 6.07. The molecule has 4 aromatic carbocycles. The minimum Gasteiger partial charge on any atom is -0.352 e. The molecule has 0 bridgehead atoms. The summed E-state index contributed by atoms with van der Waals surface area (Å²) in [5.41, 5.74) is 2.86. The summed E-state index contributed by atoms with van der Waals surface area (Å²) in [7, 11) is 0. The molecule has 1 aliphatic carbocycles. The van der Waals surface area contributed by atoms with Crippen LogP contribution in [-0.4, -0.2) is 55.6 Å². The van der Waals surface area contributed by atoms with Crippen LogP contribution in [0.4, 0.5) is 13.2 Å². The van der Waals surface area contributed by atoms with E-state index in [1.54, 1.807) is 0 Å². The minimum atomic E-state index is -4.49. The first-order valence-corrected chi connectivity index (χ1v) is 15.8. The number of carbonyl (C=O) groups is 2. The number of fused-ring (bicyclic) bond motifs is 4. The lowest BCUT2D eigenvalue weighted by molar-refractivity contribution is -0.141. The molecular weight excluding hydrogens is 575 g/mol. The van der Waals surface area contributed by atoms with Crippen LogP contribution in [0, 0.1) is 5.92 Å². The van der Waals surface area contributed by atoms with E-state index in [1.807, 2.05) is 91.0 Å². The third-order valence-electron chi connectivity index (χ3n) is 9.37. The van der Waals surface area contributed by atoms with Gasteiger partial charge >= 0.3 is 6.18 Å². The zero-order valence-electron chi connectivity index (χ0n) is 25.2. The van der Waals surface area contributed by atoms with Crippen LogP contribution >= 0.6 is 0 Å². The summed E-state index contributed by atoms with van der Waals surface area (Å²) in [6, 6.07) is 28.8. The first kappa shape index (κ1) is 30.8. The van der Waals surface area contributed by atoms with Crippen molar-refractivity contribution in [1.82, 2.24) is 15.5 Å². The van der Waals surface area contributed by atoms with Gasteiger partial charge in [-0.05, 0) is 83.8 Å². The number of amides is 2. The van der Waals surface area contributed by atoms with Crippen molar-refractivity contribution in [2.45, 2.75) is 43.7 Å². The van der Waals surface area contributed by atoms with Gasteiger partial charge in [-0.1, -0.05) is 91.3 Å². The SMILES string of the molecule is O=C(NCC1CCCN(CCCCC2(C(=O)NCC(F)(F)F)c3ccccc3-c3ccccc32)C1)c1cccc2ccccc12.